The molecule has 1 fully saturated rings. The van der Waals surface area contributed by atoms with Crippen molar-refractivity contribution >= 4 is 28.9 Å². The van der Waals surface area contributed by atoms with Crippen molar-refractivity contribution in [1.29, 1.82) is 0 Å². The van der Waals surface area contributed by atoms with E-state index in [0.29, 0.717) is 16.9 Å². The number of aromatic nitrogens is 3. The number of ether oxygens (including phenoxy) is 2. The van der Waals surface area contributed by atoms with Crippen molar-refractivity contribution in [3.05, 3.63) is 126 Å². The molecule has 0 radical (unpaired) electrons. The number of hydrogen-bond acceptors (Lipinski definition) is 8. The minimum Gasteiger partial charge on any atom is -0.481 e. The zero-order valence-electron chi connectivity index (χ0n) is 29.7. The number of nitrogens with one attached hydrogen (secondary N) is 1. The first-order chi connectivity index (χ1) is 24.3. The number of H-pyrrole nitrogens is 1. The van der Waals surface area contributed by atoms with E-state index in [9.17, 15) is 14.7 Å². The molecular formula is C40H47N5O6. The fourth-order valence-corrected chi connectivity index (χ4v) is 6.52. The number of fused-ring (bicyclic) bond motifs is 1. The van der Waals surface area contributed by atoms with Crippen LogP contribution in [0.2, 0.25) is 0 Å². The highest BCUT2D eigenvalue weighted by Crippen LogP contribution is 2.44. The van der Waals surface area contributed by atoms with E-state index < -0.39 is 41.5 Å². The van der Waals surface area contributed by atoms with E-state index in [1.54, 1.807) is 11.1 Å². The molecule has 268 valence electrons. The summed E-state index contributed by atoms with van der Waals surface area (Å²) in [7, 11) is 0. The van der Waals surface area contributed by atoms with Gasteiger partial charge in [0.15, 0.2) is 5.82 Å². The number of carbonyl (C=O) groups is 2. The predicted octanol–water partition coefficient (Wildman–Crippen LogP) is 7.08. The molecule has 5 N–H and O–H groups in total. The Morgan fingerprint density at radius 2 is 1.45 bits per heavy atom. The van der Waals surface area contributed by atoms with Crippen LogP contribution in [0.4, 0.5) is 10.6 Å². The van der Waals surface area contributed by atoms with Gasteiger partial charge < -0.3 is 30.4 Å². The smallest absolute Gasteiger partial charge is 0.411 e. The number of anilines is 1. The van der Waals surface area contributed by atoms with Crippen molar-refractivity contribution in [2.24, 2.45) is 5.92 Å². The number of amides is 1. The Hall–Kier alpha value is -5.26. The first-order valence-electron chi connectivity index (χ1n) is 17.1. The van der Waals surface area contributed by atoms with Crippen LogP contribution >= 0.6 is 0 Å². The van der Waals surface area contributed by atoms with Gasteiger partial charge in [-0.1, -0.05) is 105 Å². The number of nitrogens with two attached hydrogens (primary N) is 1. The van der Waals surface area contributed by atoms with Crippen LogP contribution in [0, 0.1) is 5.92 Å². The normalized spacial score (nSPS) is 17.6. The topological polar surface area (TPSA) is 164 Å². The summed E-state index contributed by atoms with van der Waals surface area (Å²) >= 11 is 0. The van der Waals surface area contributed by atoms with Crippen LogP contribution in [0.5, 0.6) is 0 Å². The van der Waals surface area contributed by atoms with E-state index >= 15 is 0 Å². The first kappa shape index (κ1) is 37.0. The molecule has 0 aliphatic carbocycles. The molecule has 1 saturated heterocycles. The van der Waals surface area contributed by atoms with Gasteiger partial charge in [-0.25, -0.2) is 14.8 Å². The number of nitrogens with zero attached hydrogens (tertiary/aromatic N) is 3. The largest absolute Gasteiger partial charge is 0.481 e. The maximum absolute atomic E-state index is 13.9. The molecular weight excluding hydrogens is 646 g/mol. The first-order valence-corrected chi connectivity index (χ1v) is 17.1. The van der Waals surface area contributed by atoms with Gasteiger partial charge in [0.1, 0.15) is 23.0 Å². The standard InChI is InChI=1S/C35H37N5O4.C5H10O2/c1-34(2,3)44-33(42)40-27(26-20-37-31-30(26)38-22-39-32(31)36)19-29(41)28(40)21-43-35(23-13-7-4-8-14-23,24-15-9-5-10-16-24)25-17-11-6-12-18-25;1-4(2)3-5(6)7/h4-18,20,22,27-29,37,41H,19,21H2,1-3H3,(H2,36,38,39);4H,3H2,1-2H3,(H,6,7)/t27?,28?,29-;/m0./s1. The molecule has 0 spiro atoms. The summed E-state index contributed by atoms with van der Waals surface area (Å²) in [4.78, 5) is 37.0. The third-order valence-corrected chi connectivity index (χ3v) is 8.68. The molecule has 1 aliphatic heterocycles. The second kappa shape index (κ2) is 15.7. The van der Waals surface area contributed by atoms with Crippen LogP contribution < -0.4 is 5.73 Å². The Morgan fingerprint density at radius 3 is 1.90 bits per heavy atom. The number of aliphatic carboxylic acids is 1. The zero-order valence-corrected chi connectivity index (χ0v) is 29.7. The van der Waals surface area contributed by atoms with Crippen molar-refractivity contribution in [2.45, 2.75) is 76.9 Å². The lowest BCUT2D eigenvalue weighted by Gasteiger charge is -2.39. The van der Waals surface area contributed by atoms with Gasteiger partial charge in [0.05, 0.1) is 30.3 Å². The second-order valence-electron chi connectivity index (χ2n) is 14.1. The lowest BCUT2D eigenvalue weighted by Crippen LogP contribution is -2.47. The van der Waals surface area contributed by atoms with Gasteiger partial charge in [0.25, 0.3) is 0 Å². The molecule has 1 aliphatic rings. The lowest BCUT2D eigenvalue weighted by atomic mass is 9.80. The minimum atomic E-state index is -1.02. The average Bonchev–Trinajstić information content (AvgIpc) is 3.67. The number of nitrogen functional groups attached to an aromatic ring is 1. The minimum absolute atomic E-state index is 0.0229. The van der Waals surface area contributed by atoms with Crippen LogP contribution in [-0.4, -0.2) is 66.5 Å². The van der Waals surface area contributed by atoms with Gasteiger partial charge in [-0.05, 0) is 43.4 Å². The van der Waals surface area contributed by atoms with Crippen LogP contribution in [-0.2, 0) is 19.9 Å². The van der Waals surface area contributed by atoms with Crippen LogP contribution in [0.3, 0.4) is 0 Å². The number of carbonyl (C=O) groups excluding carboxylic acids is 1. The molecule has 0 bridgehead atoms. The SMILES string of the molecule is CC(C)(C)OC(=O)N1C(c2c[nH]c3c(N)ncnc23)C[C@H](O)C1COC(c1ccccc1)(c1ccccc1)c1ccccc1.CC(C)CC(=O)O. The fraction of sp³-hybridized carbons (Fsp3) is 0.350. The number of carboxylic acids is 1. The van der Waals surface area contributed by atoms with Gasteiger partial charge in [0.2, 0.25) is 0 Å². The number of aliphatic hydroxyl groups excluding tert-OH is 1. The molecule has 3 aromatic carbocycles. The molecule has 2 unspecified atom stereocenters. The Morgan fingerprint density at radius 1 is 0.922 bits per heavy atom. The van der Waals surface area contributed by atoms with Gasteiger partial charge in [0, 0.05) is 24.6 Å². The zero-order chi connectivity index (χ0) is 36.8. The highest BCUT2D eigenvalue weighted by atomic mass is 16.6. The monoisotopic (exact) mass is 693 g/mol. The number of rotatable bonds is 9. The number of aliphatic hydroxyl groups is 1. The van der Waals surface area contributed by atoms with E-state index in [2.05, 4.69) is 15.0 Å². The number of likely N-dealkylation sites (tertiary alicyclic amines) is 1. The Bertz CT molecular complexity index is 1800. The summed E-state index contributed by atoms with van der Waals surface area (Å²) in [6, 6.07) is 28.8. The quantitative estimate of drug-likeness (QED) is 0.118. The summed E-state index contributed by atoms with van der Waals surface area (Å²) in [5.74, 6) is -0.130. The van der Waals surface area contributed by atoms with Gasteiger partial charge in [-0.3, -0.25) is 9.69 Å². The van der Waals surface area contributed by atoms with Crippen LogP contribution in [0.15, 0.2) is 104 Å². The third-order valence-electron chi connectivity index (χ3n) is 8.68. The fourth-order valence-electron chi connectivity index (χ4n) is 6.52. The van der Waals surface area contributed by atoms with Gasteiger partial charge >= 0.3 is 12.1 Å². The van der Waals surface area contributed by atoms with E-state index in [1.807, 2.05) is 126 Å². The van der Waals surface area contributed by atoms with Crippen molar-refractivity contribution in [2.75, 3.05) is 12.3 Å². The summed E-state index contributed by atoms with van der Waals surface area (Å²) in [5, 5.41) is 19.7. The van der Waals surface area contributed by atoms with Crippen LogP contribution in [0.25, 0.3) is 11.0 Å². The van der Waals surface area contributed by atoms with Gasteiger partial charge in [-0.2, -0.15) is 0 Å². The summed E-state index contributed by atoms with van der Waals surface area (Å²) < 4.78 is 13.0. The Balaban J connectivity index is 0.000000654. The maximum Gasteiger partial charge on any atom is 0.411 e. The van der Waals surface area contributed by atoms with Crippen molar-refractivity contribution < 1.29 is 29.3 Å². The van der Waals surface area contributed by atoms with Crippen molar-refractivity contribution in [3.63, 3.8) is 0 Å². The molecule has 11 nitrogen and oxygen atoms in total. The second-order valence-corrected chi connectivity index (χ2v) is 14.1. The number of hydrogen-bond donors (Lipinski definition) is 4. The summed E-state index contributed by atoms with van der Waals surface area (Å²) in [6.45, 7) is 9.26. The predicted molar refractivity (Wildman–Crippen MR) is 196 cm³/mol. The average molecular weight is 694 g/mol. The summed E-state index contributed by atoms with van der Waals surface area (Å²) in [5.41, 5.74) is 9.00. The molecule has 1 amide bonds. The molecule has 0 saturated carbocycles. The highest BCUT2D eigenvalue weighted by molar-refractivity contribution is 5.88. The van der Waals surface area contributed by atoms with E-state index in [0.717, 1.165) is 22.3 Å². The van der Waals surface area contributed by atoms with Gasteiger partial charge in [-0.15, -0.1) is 0 Å². The van der Waals surface area contributed by atoms with E-state index in [4.69, 9.17) is 20.3 Å². The molecule has 11 heteroatoms. The maximum atomic E-state index is 13.9. The number of carboxylic acid groups (broad SMARTS) is 1. The molecule has 3 atom stereocenters. The van der Waals surface area contributed by atoms with E-state index in [1.165, 1.54) is 6.33 Å². The molecule has 6 rings (SSSR count). The van der Waals surface area contributed by atoms with Crippen molar-refractivity contribution in [3.8, 4) is 0 Å². The molecule has 5 aromatic rings. The third kappa shape index (κ3) is 8.38. The number of benzene rings is 3. The highest BCUT2D eigenvalue weighted by Gasteiger charge is 2.48. The molecule has 51 heavy (non-hydrogen) atoms. The Kier molecular flexibility index (Phi) is 11.4. The number of aromatic amines is 1. The molecule has 3 heterocycles. The van der Waals surface area contributed by atoms with Crippen molar-refractivity contribution in [1.82, 2.24) is 19.9 Å². The Labute approximate surface area is 298 Å². The summed E-state index contributed by atoms with van der Waals surface area (Å²) in [6.07, 6.45) is 2.26. The lowest BCUT2D eigenvalue weighted by molar-refractivity contribution is -0.137. The molecule has 2 aromatic heterocycles. The van der Waals surface area contributed by atoms with Crippen LogP contribution in [0.1, 0.15) is 75.8 Å². The van der Waals surface area contributed by atoms with E-state index in [-0.39, 0.29) is 25.4 Å².